The van der Waals surface area contributed by atoms with Gasteiger partial charge >= 0.3 is 12.4 Å². The van der Waals surface area contributed by atoms with E-state index in [2.05, 4.69) is 4.90 Å². The minimum atomic E-state index is -4.93. The lowest BCUT2D eigenvalue weighted by Crippen LogP contribution is -2.52. The number of halogens is 6. The first-order valence-electron chi connectivity index (χ1n) is 11.5. The van der Waals surface area contributed by atoms with Gasteiger partial charge in [0.1, 0.15) is 0 Å². The van der Waals surface area contributed by atoms with E-state index in [4.69, 9.17) is 14.2 Å². The summed E-state index contributed by atoms with van der Waals surface area (Å²) in [6.45, 7) is 4.42. The average Bonchev–Trinajstić information content (AvgIpc) is 2.83. The Morgan fingerprint density at radius 3 is 2.06 bits per heavy atom. The summed E-state index contributed by atoms with van der Waals surface area (Å²) in [5.74, 6) is -0.279. The fourth-order valence-electron chi connectivity index (χ4n) is 4.76. The molecule has 2 saturated heterocycles. The number of nitrogens with zero attached hydrogens (tertiary/aromatic N) is 1. The third-order valence-electron chi connectivity index (χ3n) is 6.52. The zero-order valence-electron chi connectivity index (χ0n) is 19.1. The predicted octanol–water partition coefficient (Wildman–Crippen LogP) is 6.03. The Kier molecular flexibility index (Phi) is 7.75. The number of benzene rings is 2. The summed E-state index contributed by atoms with van der Waals surface area (Å²) in [5, 5.41) is 0. The second-order valence-electron chi connectivity index (χ2n) is 8.80. The second-order valence-corrected chi connectivity index (χ2v) is 8.80. The molecule has 10 heteroatoms. The monoisotopic (exact) mass is 503 g/mol. The van der Waals surface area contributed by atoms with Crippen LogP contribution in [-0.2, 0) is 26.6 Å². The number of ether oxygens (including phenoxy) is 3. The molecule has 0 aromatic heterocycles. The van der Waals surface area contributed by atoms with Crippen LogP contribution in [0.1, 0.15) is 47.6 Å². The van der Waals surface area contributed by atoms with E-state index in [9.17, 15) is 26.3 Å². The Hall–Kier alpha value is -2.14. The summed E-state index contributed by atoms with van der Waals surface area (Å²) in [6, 6.07) is 11.1. The van der Waals surface area contributed by atoms with Crippen LogP contribution in [-0.4, -0.2) is 50.1 Å². The summed E-state index contributed by atoms with van der Waals surface area (Å²) < 4.78 is 97.6. The maximum Gasteiger partial charge on any atom is 0.416 e. The summed E-state index contributed by atoms with van der Waals surface area (Å²) in [5.41, 5.74) is -2.02. The van der Waals surface area contributed by atoms with E-state index in [1.807, 2.05) is 30.3 Å². The van der Waals surface area contributed by atoms with Crippen molar-refractivity contribution in [2.45, 2.75) is 50.1 Å². The van der Waals surface area contributed by atoms with Crippen LogP contribution in [0, 0.1) is 0 Å². The molecule has 0 amide bonds. The van der Waals surface area contributed by atoms with Crippen LogP contribution in [0.15, 0.2) is 48.5 Å². The molecule has 0 N–H and O–H groups in total. The molecular weight excluding hydrogens is 476 g/mol. The Labute approximate surface area is 199 Å². The van der Waals surface area contributed by atoms with Gasteiger partial charge in [-0.15, -0.1) is 0 Å². The third-order valence-corrected chi connectivity index (χ3v) is 6.52. The average molecular weight is 503 g/mol. The van der Waals surface area contributed by atoms with Gasteiger partial charge in [0.05, 0.1) is 43.0 Å². The van der Waals surface area contributed by atoms with Gasteiger partial charge in [0.2, 0.25) is 0 Å². The Morgan fingerprint density at radius 2 is 1.49 bits per heavy atom. The van der Waals surface area contributed by atoms with Crippen molar-refractivity contribution in [2.24, 2.45) is 0 Å². The van der Waals surface area contributed by atoms with Gasteiger partial charge in [-0.05, 0) is 42.7 Å². The van der Waals surface area contributed by atoms with Crippen molar-refractivity contribution >= 4 is 0 Å². The zero-order valence-corrected chi connectivity index (χ0v) is 19.1. The van der Waals surface area contributed by atoms with Crippen LogP contribution in [0.5, 0.6) is 0 Å². The van der Waals surface area contributed by atoms with Gasteiger partial charge < -0.3 is 14.2 Å². The normalized spacial score (nSPS) is 25.4. The molecule has 2 heterocycles. The number of rotatable bonds is 5. The van der Waals surface area contributed by atoms with Crippen molar-refractivity contribution in [1.29, 1.82) is 0 Å². The summed E-state index contributed by atoms with van der Waals surface area (Å²) >= 11 is 0. The zero-order chi connectivity index (χ0) is 25.2. The SMILES string of the molecule is C[C@@H](O[C@H]1OCC[C@@H](N2CCOCC2)[C@H]1c1ccccc1)c1cc(C(F)(F)F)cc(C(F)(F)F)c1. The van der Waals surface area contributed by atoms with Crippen LogP contribution in [0.2, 0.25) is 0 Å². The highest BCUT2D eigenvalue weighted by atomic mass is 19.4. The minimum Gasteiger partial charge on any atom is -0.379 e. The fraction of sp³-hybridized carbons (Fsp3) is 0.520. The number of hydrogen-bond acceptors (Lipinski definition) is 4. The Balaban J connectivity index is 1.64. The molecule has 35 heavy (non-hydrogen) atoms. The Bertz CT molecular complexity index is 943. The van der Waals surface area contributed by atoms with Gasteiger partial charge in [0.25, 0.3) is 0 Å². The number of alkyl halides is 6. The molecule has 192 valence electrons. The molecule has 4 nitrogen and oxygen atoms in total. The topological polar surface area (TPSA) is 30.9 Å². The molecule has 2 fully saturated rings. The van der Waals surface area contributed by atoms with Gasteiger partial charge in [-0.25, -0.2) is 0 Å². The molecule has 0 bridgehead atoms. The molecule has 4 atom stereocenters. The molecule has 4 rings (SSSR count). The molecular formula is C25H27F6NO3. The van der Waals surface area contributed by atoms with Crippen molar-refractivity contribution in [3.05, 3.63) is 70.8 Å². The van der Waals surface area contributed by atoms with Crippen LogP contribution < -0.4 is 0 Å². The lowest BCUT2D eigenvalue weighted by Gasteiger charge is -2.45. The quantitative estimate of drug-likeness (QED) is 0.466. The number of hydrogen-bond donors (Lipinski definition) is 0. The highest BCUT2D eigenvalue weighted by Gasteiger charge is 2.41. The molecule has 2 aromatic carbocycles. The van der Waals surface area contributed by atoms with E-state index in [1.165, 1.54) is 6.92 Å². The van der Waals surface area contributed by atoms with Crippen molar-refractivity contribution in [3.63, 3.8) is 0 Å². The van der Waals surface area contributed by atoms with Crippen LogP contribution in [0.3, 0.4) is 0 Å². The lowest BCUT2D eigenvalue weighted by atomic mass is 9.85. The van der Waals surface area contributed by atoms with Gasteiger partial charge in [-0.3, -0.25) is 4.90 Å². The predicted molar refractivity (Wildman–Crippen MR) is 116 cm³/mol. The summed E-state index contributed by atoms with van der Waals surface area (Å²) in [6.07, 6.45) is -11.1. The fourth-order valence-corrected chi connectivity index (χ4v) is 4.76. The maximum absolute atomic E-state index is 13.4. The standard InChI is InChI=1S/C25H27F6NO3/c1-16(18-13-19(24(26,27)28)15-20(14-18)25(29,30)31)35-23-22(17-5-3-2-4-6-17)21(7-10-34-23)32-8-11-33-12-9-32/h2-6,13-16,21-23H,7-12H2,1H3/t16-,21-,22-,23-/m1/s1. The molecule has 0 saturated carbocycles. The van der Waals surface area contributed by atoms with Crippen LogP contribution in [0.25, 0.3) is 0 Å². The van der Waals surface area contributed by atoms with E-state index in [0.717, 1.165) is 25.1 Å². The van der Waals surface area contributed by atoms with Crippen LogP contribution in [0.4, 0.5) is 26.3 Å². The van der Waals surface area contributed by atoms with E-state index >= 15 is 0 Å². The summed E-state index contributed by atoms with van der Waals surface area (Å²) in [4.78, 5) is 2.29. The first kappa shape index (κ1) is 25.9. The Morgan fingerprint density at radius 1 is 0.886 bits per heavy atom. The molecule has 0 aliphatic carbocycles. The molecule has 0 unspecified atom stereocenters. The van der Waals surface area contributed by atoms with E-state index in [0.29, 0.717) is 32.0 Å². The summed E-state index contributed by atoms with van der Waals surface area (Å²) in [7, 11) is 0. The molecule has 2 aliphatic heterocycles. The largest absolute Gasteiger partial charge is 0.416 e. The first-order valence-corrected chi connectivity index (χ1v) is 11.5. The van der Waals surface area contributed by atoms with Crippen molar-refractivity contribution in [3.8, 4) is 0 Å². The van der Waals surface area contributed by atoms with E-state index in [-0.39, 0.29) is 23.6 Å². The van der Waals surface area contributed by atoms with Gasteiger partial charge in [-0.1, -0.05) is 30.3 Å². The second kappa shape index (κ2) is 10.5. The van der Waals surface area contributed by atoms with Crippen molar-refractivity contribution < 1.29 is 40.6 Å². The molecule has 2 aromatic rings. The lowest BCUT2D eigenvalue weighted by molar-refractivity contribution is -0.213. The van der Waals surface area contributed by atoms with E-state index in [1.54, 1.807) is 0 Å². The van der Waals surface area contributed by atoms with Gasteiger partial charge in [-0.2, -0.15) is 26.3 Å². The molecule has 0 radical (unpaired) electrons. The smallest absolute Gasteiger partial charge is 0.379 e. The first-order chi connectivity index (χ1) is 16.5. The van der Waals surface area contributed by atoms with Gasteiger partial charge in [0.15, 0.2) is 6.29 Å². The highest BCUT2D eigenvalue weighted by Crippen LogP contribution is 2.41. The molecule has 0 spiro atoms. The molecule has 2 aliphatic rings. The van der Waals surface area contributed by atoms with E-state index < -0.39 is 35.9 Å². The number of morpholine rings is 1. The van der Waals surface area contributed by atoms with Gasteiger partial charge in [0, 0.05) is 19.1 Å². The maximum atomic E-state index is 13.4. The highest BCUT2D eigenvalue weighted by molar-refractivity contribution is 5.35. The van der Waals surface area contributed by atoms with Crippen molar-refractivity contribution in [2.75, 3.05) is 32.9 Å². The minimum absolute atomic E-state index is 0.0273. The third kappa shape index (κ3) is 6.17. The van der Waals surface area contributed by atoms with Crippen LogP contribution >= 0.6 is 0 Å². The van der Waals surface area contributed by atoms with Crippen molar-refractivity contribution in [1.82, 2.24) is 4.90 Å².